The van der Waals surface area contributed by atoms with Crippen LogP contribution < -0.4 is 5.32 Å². The minimum Gasteiger partial charge on any atom is -0.383 e. The van der Waals surface area contributed by atoms with Crippen LogP contribution in [-0.2, 0) is 4.74 Å². The minimum atomic E-state index is 0.819. The molecule has 0 spiro atoms. The SMILES string of the molecule is CCN(CCCNCCOC)CC1CCC1. The maximum absolute atomic E-state index is 4.99. The molecule has 0 aromatic carbocycles. The second-order valence-corrected chi connectivity index (χ2v) is 4.79. The smallest absolute Gasteiger partial charge is 0.0587 e. The molecule has 1 fully saturated rings. The van der Waals surface area contributed by atoms with E-state index in [1.807, 2.05) is 0 Å². The van der Waals surface area contributed by atoms with Crippen LogP contribution in [0.2, 0.25) is 0 Å². The van der Waals surface area contributed by atoms with Crippen molar-refractivity contribution >= 4 is 0 Å². The summed E-state index contributed by atoms with van der Waals surface area (Å²) in [6.07, 6.45) is 5.64. The molecule has 0 amide bonds. The summed E-state index contributed by atoms with van der Waals surface area (Å²) in [6.45, 7) is 8.96. The molecule has 1 aliphatic rings. The number of methoxy groups -OCH3 is 1. The van der Waals surface area contributed by atoms with Gasteiger partial charge in [-0.15, -0.1) is 0 Å². The van der Waals surface area contributed by atoms with E-state index >= 15 is 0 Å². The molecular weight excluding hydrogens is 200 g/mol. The molecule has 96 valence electrons. The normalized spacial score (nSPS) is 16.7. The van der Waals surface area contributed by atoms with Crippen LogP contribution in [0.15, 0.2) is 0 Å². The molecular formula is C13H28N2O. The van der Waals surface area contributed by atoms with E-state index in [1.54, 1.807) is 7.11 Å². The average molecular weight is 228 g/mol. The molecule has 1 saturated carbocycles. The lowest BCUT2D eigenvalue weighted by atomic mass is 9.85. The molecule has 0 bridgehead atoms. The second-order valence-electron chi connectivity index (χ2n) is 4.79. The Labute approximate surface area is 101 Å². The summed E-state index contributed by atoms with van der Waals surface area (Å²) in [4.78, 5) is 2.60. The first-order valence-corrected chi connectivity index (χ1v) is 6.78. The van der Waals surface area contributed by atoms with E-state index < -0.39 is 0 Å². The number of nitrogens with one attached hydrogen (secondary N) is 1. The standard InChI is InChI=1S/C13H28N2O/c1-3-15(12-13-6-4-7-13)10-5-8-14-9-11-16-2/h13-14H,3-12H2,1-2H3. The quantitative estimate of drug-likeness (QED) is 0.576. The fourth-order valence-corrected chi connectivity index (χ4v) is 2.15. The van der Waals surface area contributed by atoms with Crippen LogP contribution in [-0.4, -0.2) is 51.3 Å². The van der Waals surface area contributed by atoms with Gasteiger partial charge < -0.3 is 15.0 Å². The topological polar surface area (TPSA) is 24.5 Å². The highest BCUT2D eigenvalue weighted by molar-refractivity contribution is 4.73. The highest BCUT2D eigenvalue weighted by Crippen LogP contribution is 2.26. The maximum atomic E-state index is 4.99. The van der Waals surface area contributed by atoms with Crippen LogP contribution in [0.3, 0.4) is 0 Å². The summed E-state index contributed by atoms with van der Waals surface area (Å²) in [5.74, 6) is 1.00. The third-order valence-electron chi connectivity index (χ3n) is 3.50. The summed E-state index contributed by atoms with van der Waals surface area (Å²) in [7, 11) is 1.75. The van der Waals surface area contributed by atoms with E-state index in [4.69, 9.17) is 4.74 Å². The molecule has 1 N–H and O–H groups in total. The Morgan fingerprint density at radius 2 is 2.12 bits per heavy atom. The molecule has 0 aromatic rings. The largest absolute Gasteiger partial charge is 0.383 e. The fraction of sp³-hybridized carbons (Fsp3) is 1.00. The first-order chi connectivity index (χ1) is 7.86. The van der Waals surface area contributed by atoms with Gasteiger partial charge in [0.05, 0.1) is 6.61 Å². The molecule has 0 aromatic heterocycles. The highest BCUT2D eigenvalue weighted by Gasteiger charge is 2.19. The van der Waals surface area contributed by atoms with Crippen LogP contribution >= 0.6 is 0 Å². The zero-order valence-corrected chi connectivity index (χ0v) is 11.0. The van der Waals surface area contributed by atoms with Gasteiger partial charge in [0.25, 0.3) is 0 Å². The lowest BCUT2D eigenvalue weighted by Crippen LogP contribution is -2.34. The summed E-state index contributed by atoms with van der Waals surface area (Å²) >= 11 is 0. The van der Waals surface area contributed by atoms with Crippen molar-refractivity contribution in [3.05, 3.63) is 0 Å². The summed E-state index contributed by atoms with van der Waals surface area (Å²) in [6, 6.07) is 0. The van der Waals surface area contributed by atoms with E-state index in [-0.39, 0.29) is 0 Å². The molecule has 0 aliphatic heterocycles. The molecule has 16 heavy (non-hydrogen) atoms. The minimum absolute atomic E-state index is 0.819. The van der Waals surface area contributed by atoms with Gasteiger partial charge in [-0.2, -0.15) is 0 Å². The van der Waals surface area contributed by atoms with Crippen molar-refractivity contribution in [2.45, 2.75) is 32.6 Å². The van der Waals surface area contributed by atoms with Gasteiger partial charge in [-0.1, -0.05) is 13.3 Å². The molecule has 0 atom stereocenters. The summed E-state index contributed by atoms with van der Waals surface area (Å²) in [5.41, 5.74) is 0. The van der Waals surface area contributed by atoms with Gasteiger partial charge in [0.15, 0.2) is 0 Å². The Balaban J connectivity index is 1.91. The van der Waals surface area contributed by atoms with E-state index in [1.165, 1.54) is 45.3 Å². The van der Waals surface area contributed by atoms with E-state index in [2.05, 4.69) is 17.1 Å². The molecule has 1 rings (SSSR count). The van der Waals surface area contributed by atoms with Crippen molar-refractivity contribution in [3.8, 4) is 0 Å². The van der Waals surface area contributed by atoms with Crippen molar-refractivity contribution in [3.63, 3.8) is 0 Å². The molecule has 0 unspecified atom stereocenters. The number of nitrogens with zero attached hydrogens (tertiary/aromatic N) is 1. The molecule has 0 saturated heterocycles. The predicted octanol–water partition coefficient (Wildman–Crippen LogP) is 1.73. The Morgan fingerprint density at radius 3 is 2.69 bits per heavy atom. The highest BCUT2D eigenvalue weighted by atomic mass is 16.5. The molecule has 3 heteroatoms. The molecule has 1 aliphatic carbocycles. The van der Waals surface area contributed by atoms with Crippen molar-refractivity contribution in [2.24, 2.45) is 5.92 Å². The van der Waals surface area contributed by atoms with E-state index in [0.717, 1.165) is 25.6 Å². The lowest BCUT2D eigenvalue weighted by Gasteiger charge is -2.31. The van der Waals surface area contributed by atoms with Crippen LogP contribution in [0.4, 0.5) is 0 Å². The third-order valence-corrected chi connectivity index (χ3v) is 3.50. The van der Waals surface area contributed by atoms with Gasteiger partial charge in [-0.25, -0.2) is 0 Å². The summed E-state index contributed by atoms with van der Waals surface area (Å²) in [5, 5.41) is 3.40. The summed E-state index contributed by atoms with van der Waals surface area (Å²) < 4.78 is 4.99. The van der Waals surface area contributed by atoms with Gasteiger partial charge in [-0.3, -0.25) is 0 Å². The molecule has 3 nitrogen and oxygen atoms in total. The third kappa shape index (κ3) is 5.83. The van der Waals surface area contributed by atoms with Crippen LogP contribution in [0.1, 0.15) is 32.6 Å². The van der Waals surface area contributed by atoms with E-state index in [0.29, 0.717) is 0 Å². The Kier molecular flexibility index (Phi) is 7.81. The predicted molar refractivity (Wildman–Crippen MR) is 68.8 cm³/mol. The zero-order chi connectivity index (χ0) is 11.6. The van der Waals surface area contributed by atoms with Crippen LogP contribution in [0.5, 0.6) is 0 Å². The van der Waals surface area contributed by atoms with Crippen LogP contribution in [0, 0.1) is 5.92 Å². The first kappa shape index (κ1) is 13.9. The van der Waals surface area contributed by atoms with Crippen molar-refractivity contribution in [2.75, 3.05) is 46.4 Å². The first-order valence-electron chi connectivity index (χ1n) is 6.78. The Morgan fingerprint density at radius 1 is 1.31 bits per heavy atom. The van der Waals surface area contributed by atoms with Gasteiger partial charge in [-0.05, 0) is 44.8 Å². The number of hydrogen-bond acceptors (Lipinski definition) is 3. The van der Waals surface area contributed by atoms with Crippen molar-refractivity contribution < 1.29 is 4.74 Å². The number of ether oxygens (including phenoxy) is 1. The average Bonchev–Trinajstić information content (AvgIpc) is 2.25. The fourth-order valence-electron chi connectivity index (χ4n) is 2.15. The second kappa shape index (κ2) is 8.97. The van der Waals surface area contributed by atoms with Crippen molar-refractivity contribution in [1.29, 1.82) is 0 Å². The Bertz CT molecular complexity index is 160. The number of hydrogen-bond donors (Lipinski definition) is 1. The number of rotatable bonds is 10. The van der Waals surface area contributed by atoms with Crippen molar-refractivity contribution in [1.82, 2.24) is 10.2 Å². The van der Waals surface area contributed by atoms with E-state index in [9.17, 15) is 0 Å². The van der Waals surface area contributed by atoms with Gasteiger partial charge in [0, 0.05) is 20.2 Å². The monoisotopic (exact) mass is 228 g/mol. The van der Waals surface area contributed by atoms with Gasteiger partial charge >= 0.3 is 0 Å². The Hall–Kier alpha value is -0.120. The van der Waals surface area contributed by atoms with Gasteiger partial charge in [0.2, 0.25) is 0 Å². The van der Waals surface area contributed by atoms with Gasteiger partial charge in [0.1, 0.15) is 0 Å². The maximum Gasteiger partial charge on any atom is 0.0587 e. The lowest BCUT2D eigenvalue weighted by molar-refractivity contribution is 0.180. The molecule has 0 heterocycles. The molecule has 0 radical (unpaired) electrons. The zero-order valence-electron chi connectivity index (χ0n) is 11.0. The van der Waals surface area contributed by atoms with Crippen LogP contribution in [0.25, 0.3) is 0 Å².